The van der Waals surface area contributed by atoms with Crippen molar-refractivity contribution < 1.29 is 56.6 Å². The standard InChI is InChI=1S/C49H88O12Si2/c1-16-63(17-2,18-3)60-41(45-36(7)39(28-43(50)57-45)53-31-37-19-21-38(52-13)22-20-37)27-35(6)44(61-62(14,15)47(8,9)10)40-25-33(4)29-49(58-40)30-34(5)26-42(59-49)46(54-32-51-12)48(11)55-23-24-56-48/h19-22,33-36,39-46,50H,16-18,23-32H2,1-15H3/t33-,34+,35-,36-,39-,40-,41+,42-,43?,44-,45+,46+,49-/m0/s1. The zero-order chi connectivity index (χ0) is 46.4. The summed E-state index contributed by atoms with van der Waals surface area (Å²) in [5.41, 5.74) is 1.05. The molecule has 0 radical (unpaired) electrons. The van der Waals surface area contributed by atoms with E-state index in [4.69, 9.17) is 51.5 Å². The summed E-state index contributed by atoms with van der Waals surface area (Å²) >= 11 is 0. The van der Waals surface area contributed by atoms with E-state index in [1.807, 2.05) is 31.2 Å². The van der Waals surface area contributed by atoms with E-state index >= 15 is 0 Å². The van der Waals surface area contributed by atoms with Gasteiger partial charge in [-0.25, -0.2) is 0 Å². The molecule has 63 heavy (non-hydrogen) atoms. The van der Waals surface area contributed by atoms with Crippen molar-refractivity contribution in [1.82, 2.24) is 0 Å². The van der Waals surface area contributed by atoms with Gasteiger partial charge >= 0.3 is 0 Å². The number of hydrogen-bond acceptors (Lipinski definition) is 12. The number of rotatable bonds is 21. The molecule has 5 rings (SSSR count). The Kier molecular flexibility index (Phi) is 18.8. The zero-order valence-corrected chi connectivity index (χ0v) is 43.9. The van der Waals surface area contributed by atoms with E-state index in [-0.39, 0.29) is 60.3 Å². The second-order valence-electron chi connectivity index (χ2n) is 21.3. The molecule has 1 spiro atoms. The summed E-state index contributed by atoms with van der Waals surface area (Å²) in [7, 11) is -1.22. The van der Waals surface area contributed by atoms with Gasteiger partial charge in [-0.15, -0.1) is 0 Å². The molecule has 0 saturated carbocycles. The van der Waals surface area contributed by atoms with Crippen LogP contribution in [0.1, 0.15) is 120 Å². The zero-order valence-electron chi connectivity index (χ0n) is 41.9. The fraction of sp³-hybridized carbons (Fsp3) is 0.878. The highest BCUT2D eigenvalue weighted by Crippen LogP contribution is 2.49. The van der Waals surface area contributed by atoms with Crippen LogP contribution in [0.4, 0.5) is 0 Å². The molecule has 1 aromatic rings. The van der Waals surface area contributed by atoms with Gasteiger partial charge in [-0.05, 0) is 97.9 Å². The number of ether oxygens (including phenoxy) is 9. The molecule has 364 valence electrons. The van der Waals surface area contributed by atoms with Crippen molar-refractivity contribution in [2.45, 2.75) is 218 Å². The lowest BCUT2D eigenvalue weighted by molar-refractivity contribution is -0.367. The molecular weight excluding hydrogens is 837 g/mol. The van der Waals surface area contributed by atoms with E-state index in [1.165, 1.54) is 0 Å². The first-order valence-corrected chi connectivity index (χ1v) is 29.8. The summed E-state index contributed by atoms with van der Waals surface area (Å²) in [6.45, 7) is 31.0. The molecule has 4 saturated heterocycles. The van der Waals surface area contributed by atoms with Crippen molar-refractivity contribution in [3.8, 4) is 5.75 Å². The van der Waals surface area contributed by atoms with Gasteiger partial charge in [-0.1, -0.05) is 81.4 Å². The minimum atomic E-state index is -2.35. The monoisotopic (exact) mass is 925 g/mol. The van der Waals surface area contributed by atoms with Crippen LogP contribution in [0.3, 0.4) is 0 Å². The Morgan fingerprint density at radius 3 is 2.00 bits per heavy atom. The predicted octanol–water partition coefficient (Wildman–Crippen LogP) is 10.2. The summed E-state index contributed by atoms with van der Waals surface area (Å²) in [5, 5.41) is 11.3. The van der Waals surface area contributed by atoms with Gasteiger partial charge in [-0.3, -0.25) is 0 Å². The third-order valence-corrected chi connectivity index (χ3v) is 24.5. The van der Waals surface area contributed by atoms with Crippen LogP contribution >= 0.6 is 0 Å². The first-order chi connectivity index (χ1) is 29.6. The summed E-state index contributed by atoms with van der Waals surface area (Å²) in [5.74, 6) is -0.403. The molecular formula is C49H88O12Si2. The third-order valence-electron chi connectivity index (χ3n) is 15.3. The molecule has 0 bridgehead atoms. The highest BCUT2D eigenvalue weighted by molar-refractivity contribution is 6.74. The van der Waals surface area contributed by atoms with Crippen LogP contribution in [0.25, 0.3) is 0 Å². The second-order valence-corrected chi connectivity index (χ2v) is 30.8. The molecule has 1 unspecified atom stereocenters. The average molecular weight is 925 g/mol. The first kappa shape index (κ1) is 53.0. The van der Waals surface area contributed by atoms with Crippen molar-refractivity contribution in [3.05, 3.63) is 29.8 Å². The average Bonchev–Trinajstić information content (AvgIpc) is 3.67. The molecule has 4 aliphatic heterocycles. The van der Waals surface area contributed by atoms with Crippen molar-refractivity contribution in [2.24, 2.45) is 23.7 Å². The first-order valence-electron chi connectivity index (χ1n) is 24.3. The van der Waals surface area contributed by atoms with E-state index in [2.05, 4.69) is 82.3 Å². The van der Waals surface area contributed by atoms with Gasteiger partial charge in [0.1, 0.15) is 18.6 Å². The smallest absolute Gasteiger partial charge is 0.194 e. The molecule has 0 aliphatic carbocycles. The minimum Gasteiger partial charge on any atom is -0.497 e. The minimum absolute atomic E-state index is 0.0103. The molecule has 14 heteroatoms. The topological polar surface area (TPSA) is 122 Å². The Morgan fingerprint density at radius 1 is 0.857 bits per heavy atom. The summed E-state index contributed by atoms with van der Waals surface area (Å²) < 4.78 is 72.6. The number of benzene rings is 1. The number of aliphatic hydroxyl groups is 1. The van der Waals surface area contributed by atoms with Crippen molar-refractivity contribution in [2.75, 3.05) is 34.2 Å². The molecule has 4 aliphatic rings. The number of aliphatic hydroxyl groups excluding tert-OH is 1. The Bertz CT molecular complexity index is 1500. The maximum Gasteiger partial charge on any atom is 0.194 e. The molecule has 12 nitrogen and oxygen atoms in total. The molecule has 0 amide bonds. The van der Waals surface area contributed by atoms with Gasteiger partial charge in [-0.2, -0.15) is 0 Å². The maximum absolute atomic E-state index is 11.4. The van der Waals surface area contributed by atoms with Crippen LogP contribution in [0.15, 0.2) is 24.3 Å². The van der Waals surface area contributed by atoms with Crippen molar-refractivity contribution in [3.63, 3.8) is 0 Å². The Balaban J connectivity index is 1.47. The molecule has 4 fully saturated rings. The SMILES string of the molecule is CC[Si](CC)(CC)O[C@H](C[C@H](C)[C@H](O[Si](C)(C)C(C)(C)C)[C@@H]1C[C@H](C)C[C@]2(C[C@H](C)C[C@@H]([C@@H](OCOC)C3(C)OCCO3)O2)O1)[C@@H]1OC(O)C[C@H](OCc2ccc(OC)cc2)[C@@H]1C. The lowest BCUT2D eigenvalue weighted by Crippen LogP contribution is -2.61. The quantitative estimate of drug-likeness (QED) is 0.0933. The maximum atomic E-state index is 11.4. The van der Waals surface area contributed by atoms with E-state index in [9.17, 15) is 5.11 Å². The van der Waals surface area contributed by atoms with Crippen molar-refractivity contribution in [1.29, 1.82) is 0 Å². The van der Waals surface area contributed by atoms with Crippen LogP contribution < -0.4 is 4.74 Å². The second kappa shape index (κ2) is 22.4. The van der Waals surface area contributed by atoms with Crippen LogP contribution in [0.5, 0.6) is 5.75 Å². The fourth-order valence-corrected chi connectivity index (χ4v) is 14.8. The number of hydrogen-bond donors (Lipinski definition) is 1. The molecule has 0 aromatic heterocycles. The van der Waals surface area contributed by atoms with Gasteiger partial charge in [0.2, 0.25) is 0 Å². The van der Waals surface area contributed by atoms with Crippen LogP contribution in [-0.4, -0.2) is 117 Å². The lowest BCUT2D eigenvalue weighted by Gasteiger charge is -2.54. The van der Waals surface area contributed by atoms with E-state index in [0.717, 1.165) is 55.1 Å². The highest BCUT2D eigenvalue weighted by atomic mass is 28.4. The van der Waals surface area contributed by atoms with Crippen LogP contribution in [0, 0.1) is 23.7 Å². The summed E-state index contributed by atoms with van der Waals surface area (Å²) in [6, 6.07) is 11.0. The summed E-state index contributed by atoms with van der Waals surface area (Å²) in [4.78, 5) is 0. The Hall–Kier alpha value is -0.986. The highest BCUT2D eigenvalue weighted by Gasteiger charge is 2.56. The fourth-order valence-electron chi connectivity index (χ4n) is 10.5. The van der Waals surface area contributed by atoms with E-state index in [0.29, 0.717) is 44.5 Å². The Morgan fingerprint density at radius 2 is 1.44 bits per heavy atom. The van der Waals surface area contributed by atoms with E-state index < -0.39 is 40.6 Å². The van der Waals surface area contributed by atoms with Crippen molar-refractivity contribution >= 4 is 16.6 Å². The van der Waals surface area contributed by atoms with Crippen LogP contribution in [0.2, 0.25) is 36.3 Å². The van der Waals surface area contributed by atoms with Gasteiger partial charge in [0.25, 0.3) is 0 Å². The molecule has 4 heterocycles. The lowest BCUT2D eigenvalue weighted by atomic mass is 9.78. The third kappa shape index (κ3) is 13.2. The van der Waals surface area contributed by atoms with Crippen LogP contribution in [-0.2, 0) is 53.4 Å². The van der Waals surface area contributed by atoms with Gasteiger partial charge in [0.05, 0.1) is 63.6 Å². The summed E-state index contributed by atoms with van der Waals surface area (Å²) in [6.07, 6.45) is 1.08. The largest absolute Gasteiger partial charge is 0.497 e. The number of methoxy groups -OCH3 is 2. The molecule has 13 atom stereocenters. The predicted molar refractivity (Wildman–Crippen MR) is 250 cm³/mol. The van der Waals surface area contributed by atoms with Gasteiger partial charge in [0, 0.05) is 32.3 Å². The normalized spacial score (nSPS) is 32.6. The molecule has 1 N–H and O–H groups in total. The van der Waals surface area contributed by atoms with Gasteiger partial charge < -0.3 is 56.6 Å². The van der Waals surface area contributed by atoms with Gasteiger partial charge in [0.15, 0.2) is 34.5 Å². The molecule has 1 aromatic carbocycles. The van der Waals surface area contributed by atoms with E-state index in [1.54, 1.807) is 14.2 Å². The Labute approximate surface area is 383 Å².